The number of hydrogen-bond donors (Lipinski definition) is 4. The maximum atomic E-state index is 10.9. The molecule has 1 aromatic heterocycles. The van der Waals surface area contributed by atoms with Gasteiger partial charge in [-0.25, -0.2) is 0 Å². The van der Waals surface area contributed by atoms with E-state index in [0.717, 1.165) is 0 Å². The van der Waals surface area contributed by atoms with Crippen molar-refractivity contribution in [2.75, 3.05) is 0 Å². The molecule has 0 saturated carbocycles. The zero-order valence-electron chi connectivity index (χ0n) is 7.23. The number of aromatic amines is 1. The van der Waals surface area contributed by atoms with E-state index >= 15 is 0 Å². The Bertz CT molecular complexity index is 399. The van der Waals surface area contributed by atoms with Crippen LogP contribution in [0.25, 0.3) is 0 Å². The molecule has 0 aromatic carbocycles. The number of carboxylic acid groups (broad SMARTS) is 1. The van der Waals surface area contributed by atoms with E-state index in [0.29, 0.717) is 5.69 Å². The number of H-pyrrole nitrogens is 1. The quantitative estimate of drug-likeness (QED) is 0.498. The van der Waals surface area contributed by atoms with Crippen LogP contribution in [0.2, 0.25) is 0 Å². The maximum absolute atomic E-state index is 10.9. The average Bonchev–Trinajstić information content (AvgIpc) is 2.11. The second-order valence-electron chi connectivity index (χ2n) is 2.85. The van der Waals surface area contributed by atoms with E-state index in [1.54, 1.807) is 0 Å². The van der Waals surface area contributed by atoms with Crippen LogP contribution in [0.15, 0.2) is 16.9 Å². The first-order chi connectivity index (χ1) is 6.50. The van der Waals surface area contributed by atoms with E-state index in [1.807, 2.05) is 0 Å². The van der Waals surface area contributed by atoms with Crippen LogP contribution in [0, 0.1) is 0 Å². The molecule has 5 N–H and O–H groups in total. The molecule has 0 aliphatic carbocycles. The van der Waals surface area contributed by atoms with Crippen LogP contribution >= 0.6 is 0 Å². The zero-order chi connectivity index (χ0) is 10.7. The van der Waals surface area contributed by atoms with E-state index < -0.39 is 23.3 Å². The Kier molecular flexibility index (Phi) is 2.88. The van der Waals surface area contributed by atoms with Crippen molar-refractivity contribution in [2.45, 2.75) is 12.5 Å². The third kappa shape index (κ3) is 2.33. The van der Waals surface area contributed by atoms with E-state index in [9.17, 15) is 9.59 Å². The smallest absolute Gasteiger partial charge is 0.320 e. The standard InChI is InChI=1S/C8H10N2O4/c9-5(8(13)14)3-4-1-2-6(11)7(12)10-4/h1-2,5,11H,3,9H2,(H,10,12)(H,13,14)/t5-/m0/s1. The molecule has 6 heteroatoms. The van der Waals surface area contributed by atoms with E-state index in [4.69, 9.17) is 15.9 Å². The van der Waals surface area contributed by atoms with Gasteiger partial charge in [0, 0.05) is 12.1 Å². The molecular formula is C8H10N2O4. The van der Waals surface area contributed by atoms with Gasteiger partial charge in [-0.1, -0.05) is 0 Å². The molecule has 76 valence electrons. The number of carboxylic acids is 1. The molecule has 0 aliphatic rings. The minimum atomic E-state index is -1.14. The number of nitrogens with two attached hydrogens (primary N) is 1. The van der Waals surface area contributed by atoms with Gasteiger partial charge in [-0.2, -0.15) is 0 Å². The summed E-state index contributed by atoms with van der Waals surface area (Å²) in [6, 6.07) is 1.55. The maximum Gasteiger partial charge on any atom is 0.320 e. The van der Waals surface area contributed by atoms with Gasteiger partial charge >= 0.3 is 5.97 Å². The highest BCUT2D eigenvalue weighted by Crippen LogP contribution is 2.02. The fourth-order valence-electron chi connectivity index (χ4n) is 0.950. The molecular weight excluding hydrogens is 188 g/mol. The van der Waals surface area contributed by atoms with Crippen molar-refractivity contribution < 1.29 is 15.0 Å². The summed E-state index contributed by atoms with van der Waals surface area (Å²) < 4.78 is 0. The van der Waals surface area contributed by atoms with Crippen LogP contribution in [0.3, 0.4) is 0 Å². The second kappa shape index (κ2) is 3.93. The summed E-state index contributed by atoms with van der Waals surface area (Å²) in [5, 5.41) is 17.4. The Labute approximate surface area is 79.0 Å². The summed E-state index contributed by atoms with van der Waals surface area (Å²) in [7, 11) is 0. The predicted molar refractivity (Wildman–Crippen MR) is 48.0 cm³/mol. The van der Waals surface area contributed by atoms with Crippen LogP contribution in [-0.4, -0.2) is 27.2 Å². The van der Waals surface area contributed by atoms with Gasteiger partial charge < -0.3 is 20.9 Å². The number of carbonyl (C=O) groups is 1. The lowest BCUT2D eigenvalue weighted by Gasteiger charge is -2.05. The summed E-state index contributed by atoms with van der Waals surface area (Å²) in [5.74, 6) is -1.54. The minimum absolute atomic E-state index is 0.0187. The van der Waals surface area contributed by atoms with Crippen molar-refractivity contribution in [2.24, 2.45) is 5.73 Å². The molecule has 0 fully saturated rings. The van der Waals surface area contributed by atoms with Gasteiger partial charge in [0.05, 0.1) is 0 Å². The van der Waals surface area contributed by atoms with Crippen molar-refractivity contribution in [3.63, 3.8) is 0 Å². The second-order valence-corrected chi connectivity index (χ2v) is 2.85. The number of hydrogen-bond acceptors (Lipinski definition) is 4. The van der Waals surface area contributed by atoms with Crippen molar-refractivity contribution in [1.82, 2.24) is 4.98 Å². The van der Waals surface area contributed by atoms with Crippen molar-refractivity contribution in [3.8, 4) is 5.75 Å². The number of pyridine rings is 1. The van der Waals surface area contributed by atoms with E-state index in [2.05, 4.69) is 4.98 Å². The molecule has 6 nitrogen and oxygen atoms in total. The molecule has 0 spiro atoms. The molecule has 1 heterocycles. The lowest BCUT2D eigenvalue weighted by Crippen LogP contribution is -2.33. The Morgan fingerprint density at radius 2 is 2.21 bits per heavy atom. The van der Waals surface area contributed by atoms with Crippen molar-refractivity contribution in [3.05, 3.63) is 28.2 Å². The zero-order valence-corrected chi connectivity index (χ0v) is 7.23. The van der Waals surface area contributed by atoms with Crippen LogP contribution in [0.5, 0.6) is 5.75 Å². The molecule has 0 saturated heterocycles. The predicted octanol–water partition coefficient (Wildman–Crippen LogP) is -0.965. The summed E-state index contributed by atoms with van der Waals surface area (Å²) in [6.07, 6.45) is 0.0187. The topological polar surface area (TPSA) is 116 Å². The fourth-order valence-corrected chi connectivity index (χ4v) is 0.950. The molecule has 0 aliphatic heterocycles. The largest absolute Gasteiger partial charge is 0.503 e. The summed E-state index contributed by atoms with van der Waals surface area (Å²) in [4.78, 5) is 23.6. The monoisotopic (exact) mass is 198 g/mol. The number of aliphatic carboxylic acids is 1. The number of aromatic hydroxyl groups is 1. The van der Waals surface area contributed by atoms with Gasteiger partial charge in [-0.15, -0.1) is 0 Å². The fraction of sp³-hybridized carbons (Fsp3) is 0.250. The van der Waals surface area contributed by atoms with Gasteiger partial charge in [0.15, 0.2) is 5.75 Å². The molecule has 0 amide bonds. The van der Waals surface area contributed by atoms with E-state index in [1.165, 1.54) is 12.1 Å². The van der Waals surface area contributed by atoms with Crippen LogP contribution in [0.4, 0.5) is 0 Å². The lowest BCUT2D eigenvalue weighted by atomic mass is 10.1. The number of aromatic nitrogens is 1. The molecule has 0 unspecified atom stereocenters. The van der Waals surface area contributed by atoms with Crippen LogP contribution in [0.1, 0.15) is 5.69 Å². The Balaban J connectivity index is 2.83. The van der Waals surface area contributed by atoms with Gasteiger partial charge in [0.1, 0.15) is 6.04 Å². The third-order valence-corrected chi connectivity index (χ3v) is 1.71. The van der Waals surface area contributed by atoms with Gasteiger partial charge in [-0.3, -0.25) is 9.59 Å². The first-order valence-corrected chi connectivity index (χ1v) is 3.90. The molecule has 1 atom stereocenters. The summed E-state index contributed by atoms with van der Waals surface area (Å²) in [6.45, 7) is 0. The van der Waals surface area contributed by atoms with Crippen molar-refractivity contribution >= 4 is 5.97 Å². The summed E-state index contributed by atoms with van der Waals surface area (Å²) >= 11 is 0. The van der Waals surface area contributed by atoms with Gasteiger partial charge in [0.2, 0.25) is 0 Å². The highest BCUT2D eigenvalue weighted by molar-refractivity contribution is 5.73. The first-order valence-electron chi connectivity index (χ1n) is 3.90. The SMILES string of the molecule is N[C@@H](Cc1ccc(O)c(=O)[nH]1)C(=O)O. The van der Waals surface area contributed by atoms with Crippen LogP contribution < -0.4 is 11.3 Å². The van der Waals surface area contributed by atoms with Crippen molar-refractivity contribution in [1.29, 1.82) is 0 Å². The molecule has 1 aromatic rings. The first kappa shape index (κ1) is 10.3. The normalized spacial score (nSPS) is 12.4. The average molecular weight is 198 g/mol. The molecule has 0 bridgehead atoms. The molecule has 14 heavy (non-hydrogen) atoms. The minimum Gasteiger partial charge on any atom is -0.503 e. The molecule has 0 radical (unpaired) electrons. The van der Waals surface area contributed by atoms with Gasteiger partial charge in [-0.05, 0) is 12.1 Å². The summed E-state index contributed by atoms with van der Waals surface area (Å²) in [5.41, 5.74) is 4.98. The highest BCUT2D eigenvalue weighted by Gasteiger charge is 2.12. The Hall–Kier alpha value is -1.82. The third-order valence-electron chi connectivity index (χ3n) is 1.71. The van der Waals surface area contributed by atoms with Gasteiger partial charge in [0.25, 0.3) is 5.56 Å². The van der Waals surface area contributed by atoms with E-state index in [-0.39, 0.29) is 6.42 Å². The molecule has 1 rings (SSSR count). The highest BCUT2D eigenvalue weighted by atomic mass is 16.4. The Morgan fingerprint density at radius 1 is 1.57 bits per heavy atom. The van der Waals surface area contributed by atoms with Crippen LogP contribution in [-0.2, 0) is 11.2 Å². The Morgan fingerprint density at radius 3 is 2.71 bits per heavy atom. The number of rotatable bonds is 3. The number of nitrogens with one attached hydrogen (secondary N) is 1. The lowest BCUT2D eigenvalue weighted by molar-refractivity contribution is -0.138.